The summed E-state index contributed by atoms with van der Waals surface area (Å²) >= 11 is 0. The molecule has 35 heavy (non-hydrogen) atoms. The number of hydrogen-bond acceptors (Lipinski definition) is 6. The summed E-state index contributed by atoms with van der Waals surface area (Å²) in [4.78, 5) is 44.4. The Labute approximate surface area is 208 Å². The number of carbonyl (C=O) groups is 3. The first-order valence-electron chi connectivity index (χ1n) is 13.2. The molecule has 190 valence electrons. The zero-order chi connectivity index (χ0) is 24.7. The molecule has 1 unspecified atom stereocenters. The summed E-state index contributed by atoms with van der Waals surface area (Å²) < 4.78 is 0. The number of nitrogens with zero attached hydrogens (tertiary/aromatic N) is 3. The molecular weight excluding hydrogens is 442 g/mol. The van der Waals surface area contributed by atoms with E-state index in [0.29, 0.717) is 12.5 Å². The predicted octanol–water partition coefficient (Wildman–Crippen LogP) is 1.62. The molecule has 1 aromatic carbocycles. The number of imide groups is 1. The van der Waals surface area contributed by atoms with Crippen molar-refractivity contribution in [3.63, 3.8) is 0 Å². The normalized spacial score (nSPS) is 28.3. The van der Waals surface area contributed by atoms with E-state index in [9.17, 15) is 14.4 Å². The summed E-state index contributed by atoms with van der Waals surface area (Å²) in [7, 11) is 0. The molecule has 4 aliphatic heterocycles. The lowest BCUT2D eigenvalue weighted by Crippen LogP contribution is -2.55. The van der Waals surface area contributed by atoms with E-state index in [-0.39, 0.29) is 24.1 Å². The van der Waals surface area contributed by atoms with E-state index in [1.165, 1.54) is 24.9 Å². The highest BCUT2D eigenvalue weighted by Gasteiger charge is 2.49. The Balaban J connectivity index is 1.26. The molecule has 3 saturated heterocycles. The molecule has 0 saturated carbocycles. The number of nitrogens with one attached hydrogen (secondary N) is 2. The molecule has 5 rings (SSSR count). The number of rotatable bonds is 5. The van der Waals surface area contributed by atoms with E-state index in [4.69, 9.17) is 0 Å². The maximum atomic E-state index is 13.4. The average molecular weight is 482 g/mol. The van der Waals surface area contributed by atoms with Crippen molar-refractivity contribution in [1.29, 1.82) is 0 Å². The van der Waals surface area contributed by atoms with E-state index in [0.717, 1.165) is 56.4 Å². The van der Waals surface area contributed by atoms with Gasteiger partial charge in [0.1, 0.15) is 6.04 Å². The minimum Gasteiger partial charge on any atom is -0.317 e. The van der Waals surface area contributed by atoms with Gasteiger partial charge in [-0.25, -0.2) is 0 Å². The van der Waals surface area contributed by atoms with Gasteiger partial charge in [0.2, 0.25) is 17.7 Å². The molecule has 0 bridgehead atoms. The summed E-state index contributed by atoms with van der Waals surface area (Å²) in [5.74, 6) is 0.102. The number of benzene rings is 1. The van der Waals surface area contributed by atoms with Gasteiger partial charge in [-0.15, -0.1) is 0 Å². The van der Waals surface area contributed by atoms with Crippen LogP contribution in [0, 0.1) is 5.92 Å². The molecule has 8 heteroatoms. The van der Waals surface area contributed by atoms with E-state index >= 15 is 0 Å². The van der Waals surface area contributed by atoms with Gasteiger partial charge in [0, 0.05) is 50.9 Å². The fourth-order valence-corrected chi connectivity index (χ4v) is 6.30. The maximum Gasteiger partial charge on any atom is 0.249 e. The van der Waals surface area contributed by atoms with Crippen LogP contribution in [0.5, 0.6) is 0 Å². The van der Waals surface area contributed by atoms with Crippen molar-refractivity contribution in [2.24, 2.45) is 5.92 Å². The minimum absolute atomic E-state index is 0.0701. The summed E-state index contributed by atoms with van der Waals surface area (Å²) in [6.07, 6.45) is 3.20. The Morgan fingerprint density at radius 1 is 1.06 bits per heavy atom. The topological polar surface area (TPSA) is 85.0 Å². The zero-order valence-electron chi connectivity index (χ0n) is 21.3. The first-order valence-corrected chi connectivity index (χ1v) is 13.2. The second-order valence-electron chi connectivity index (χ2n) is 11.4. The van der Waals surface area contributed by atoms with Crippen molar-refractivity contribution in [3.8, 4) is 0 Å². The molecule has 0 aromatic heterocycles. The molecule has 1 aromatic rings. The smallest absolute Gasteiger partial charge is 0.249 e. The van der Waals surface area contributed by atoms with Crippen LogP contribution in [0.1, 0.15) is 57.6 Å². The molecule has 0 radical (unpaired) electrons. The van der Waals surface area contributed by atoms with Crippen LogP contribution in [0.4, 0.5) is 5.69 Å². The molecule has 3 amide bonds. The van der Waals surface area contributed by atoms with Crippen molar-refractivity contribution in [2.75, 3.05) is 44.2 Å². The van der Waals surface area contributed by atoms with Crippen molar-refractivity contribution in [3.05, 3.63) is 29.3 Å². The average Bonchev–Trinajstić information content (AvgIpc) is 3.02. The SMILES string of the molecule is C[C@H]1CN(Cc2ccc3c(c2)C(C)(C)C(=O)N3C2CCC(=O)NC2=O)CCN1CC1CCNCC1. The monoisotopic (exact) mass is 481 g/mol. The second-order valence-corrected chi connectivity index (χ2v) is 11.4. The number of piperidine rings is 2. The Morgan fingerprint density at radius 2 is 1.83 bits per heavy atom. The Bertz CT molecular complexity index is 1000. The van der Waals surface area contributed by atoms with Gasteiger partial charge in [-0.1, -0.05) is 12.1 Å². The third kappa shape index (κ3) is 4.76. The van der Waals surface area contributed by atoms with E-state index < -0.39 is 11.5 Å². The van der Waals surface area contributed by atoms with Crippen LogP contribution in [0.2, 0.25) is 0 Å². The van der Waals surface area contributed by atoms with E-state index in [1.807, 2.05) is 19.9 Å². The Kier molecular flexibility index (Phi) is 6.72. The number of hydrogen-bond donors (Lipinski definition) is 2. The standard InChI is InChI=1S/C27H39N5O3/c1-18-15-30(12-13-31(18)17-19-8-10-28-11-9-19)16-20-4-5-22-21(14-20)27(2,3)26(35)32(22)23-6-7-24(33)29-25(23)34/h4-5,14,18-19,23,28H,6-13,15-17H2,1-3H3,(H,29,33,34)/t18-,23?/m0/s1. The van der Waals surface area contributed by atoms with E-state index in [2.05, 4.69) is 39.5 Å². The van der Waals surface area contributed by atoms with Crippen molar-refractivity contribution in [1.82, 2.24) is 20.4 Å². The lowest BCUT2D eigenvalue weighted by atomic mass is 9.85. The summed E-state index contributed by atoms with van der Waals surface area (Å²) in [5, 5.41) is 5.86. The van der Waals surface area contributed by atoms with Crippen molar-refractivity contribution in [2.45, 2.75) is 70.5 Å². The van der Waals surface area contributed by atoms with Crippen LogP contribution in [0.25, 0.3) is 0 Å². The number of carbonyl (C=O) groups excluding carboxylic acids is 3. The van der Waals surface area contributed by atoms with Crippen molar-refractivity contribution >= 4 is 23.4 Å². The van der Waals surface area contributed by atoms with Crippen molar-refractivity contribution < 1.29 is 14.4 Å². The quantitative estimate of drug-likeness (QED) is 0.622. The number of piperazine rings is 1. The van der Waals surface area contributed by atoms with Gasteiger partial charge in [0.25, 0.3) is 0 Å². The van der Waals surface area contributed by atoms with Crippen LogP contribution in [-0.2, 0) is 26.3 Å². The van der Waals surface area contributed by atoms with Crippen LogP contribution in [-0.4, -0.2) is 78.9 Å². The first-order chi connectivity index (χ1) is 16.7. The fraction of sp³-hybridized carbons (Fsp3) is 0.667. The molecule has 0 spiro atoms. The highest BCUT2D eigenvalue weighted by atomic mass is 16.2. The molecule has 0 aliphatic carbocycles. The highest BCUT2D eigenvalue weighted by Crippen LogP contribution is 2.44. The third-order valence-corrected chi connectivity index (χ3v) is 8.48. The largest absolute Gasteiger partial charge is 0.317 e. The Hall–Kier alpha value is -2.29. The van der Waals surface area contributed by atoms with E-state index in [1.54, 1.807) is 4.90 Å². The number of anilines is 1. The molecule has 8 nitrogen and oxygen atoms in total. The minimum atomic E-state index is -0.700. The van der Waals surface area contributed by atoms with Gasteiger partial charge in [-0.3, -0.25) is 34.4 Å². The molecule has 3 fully saturated rings. The van der Waals surface area contributed by atoms with Gasteiger partial charge in [0.15, 0.2) is 0 Å². The number of fused-ring (bicyclic) bond motifs is 1. The summed E-state index contributed by atoms with van der Waals surface area (Å²) in [5.41, 5.74) is 2.28. The molecule has 2 N–H and O–H groups in total. The second kappa shape index (κ2) is 9.64. The maximum absolute atomic E-state index is 13.4. The molecular formula is C27H39N5O3. The first kappa shape index (κ1) is 24.4. The predicted molar refractivity (Wildman–Crippen MR) is 135 cm³/mol. The van der Waals surface area contributed by atoms with Gasteiger partial charge in [0.05, 0.1) is 5.41 Å². The lowest BCUT2D eigenvalue weighted by Gasteiger charge is -2.42. The summed E-state index contributed by atoms with van der Waals surface area (Å²) in [6, 6.07) is 6.16. The van der Waals surface area contributed by atoms with Gasteiger partial charge >= 0.3 is 0 Å². The molecule has 4 aliphatic rings. The van der Waals surface area contributed by atoms with Gasteiger partial charge in [-0.2, -0.15) is 0 Å². The summed E-state index contributed by atoms with van der Waals surface area (Å²) in [6.45, 7) is 13.8. The lowest BCUT2D eigenvalue weighted by molar-refractivity contribution is -0.136. The van der Waals surface area contributed by atoms with Crippen LogP contribution in [0.3, 0.4) is 0 Å². The molecule has 4 heterocycles. The van der Waals surface area contributed by atoms with Gasteiger partial charge in [-0.05, 0) is 76.2 Å². The van der Waals surface area contributed by atoms with Crippen LogP contribution < -0.4 is 15.5 Å². The Morgan fingerprint density at radius 3 is 2.54 bits per heavy atom. The van der Waals surface area contributed by atoms with Gasteiger partial charge < -0.3 is 5.32 Å². The highest BCUT2D eigenvalue weighted by molar-refractivity contribution is 6.13. The number of amides is 3. The zero-order valence-corrected chi connectivity index (χ0v) is 21.3. The molecule has 2 atom stereocenters. The fourth-order valence-electron chi connectivity index (χ4n) is 6.30. The van der Waals surface area contributed by atoms with Crippen LogP contribution >= 0.6 is 0 Å². The third-order valence-electron chi connectivity index (χ3n) is 8.48. The van der Waals surface area contributed by atoms with Crippen LogP contribution in [0.15, 0.2) is 18.2 Å².